The van der Waals surface area contributed by atoms with Crippen molar-refractivity contribution < 1.29 is 0 Å². The zero-order valence-electron chi connectivity index (χ0n) is 7.85. The Hall–Kier alpha value is 0.0700. The Balaban J connectivity index is 2.06. The normalized spacial score (nSPS) is 10.6. The number of unbranched alkanes of at least 4 members (excludes halogenated alkanes) is 1. The SMILES string of the molecule is Cc1csc(CNCCCCBr)n1. The summed E-state index contributed by atoms with van der Waals surface area (Å²) in [6.45, 7) is 4.04. The fourth-order valence-corrected chi connectivity index (χ4v) is 2.16. The molecule has 74 valence electrons. The van der Waals surface area contributed by atoms with Gasteiger partial charge in [-0.15, -0.1) is 11.3 Å². The van der Waals surface area contributed by atoms with Gasteiger partial charge in [0, 0.05) is 22.9 Å². The topological polar surface area (TPSA) is 24.9 Å². The van der Waals surface area contributed by atoms with Crippen LogP contribution >= 0.6 is 27.3 Å². The van der Waals surface area contributed by atoms with Gasteiger partial charge in [-0.1, -0.05) is 15.9 Å². The minimum absolute atomic E-state index is 0.917. The summed E-state index contributed by atoms with van der Waals surface area (Å²) in [6.07, 6.45) is 2.47. The van der Waals surface area contributed by atoms with Crippen LogP contribution in [-0.2, 0) is 6.54 Å². The molecule has 4 heteroatoms. The molecule has 0 saturated carbocycles. The quantitative estimate of drug-likeness (QED) is 0.630. The fraction of sp³-hybridized carbons (Fsp3) is 0.667. The summed E-state index contributed by atoms with van der Waals surface area (Å²) in [5.74, 6) is 0. The molecule has 0 atom stereocenters. The number of halogens is 1. The first kappa shape index (κ1) is 11.1. The monoisotopic (exact) mass is 262 g/mol. The van der Waals surface area contributed by atoms with E-state index in [-0.39, 0.29) is 0 Å². The Labute approximate surface area is 91.9 Å². The number of nitrogens with one attached hydrogen (secondary N) is 1. The lowest BCUT2D eigenvalue weighted by molar-refractivity contribution is 0.642. The van der Waals surface area contributed by atoms with Gasteiger partial charge < -0.3 is 5.32 Å². The van der Waals surface area contributed by atoms with E-state index in [0.717, 1.165) is 24.1 Å². The summed E-state index contributed by atoms with van der Waals surface area (Å²) in [4.78, 5) is 4.38. The molecule has 1 N–H and O–H groups in total. The molecule has 0 unspecified atom stereocenters. The lowest BCUT2D eigenvalue weighted by Crippen LogP contribution is -2.14. The number of hydrogen-bond donors (Lipinski definition) is 1. The van der Waals surface area contributed by atoms with Crippen LogP contribution in [0.4, 0.5) is 0 Å². The predicted molar refractivity (Wildman–Crippen MR) is 61.6 cm³/mol. The molecule has 1 heterocycles. The standard InChI is InChI=1S/C9H15BrN2S/c1-8-7-13-9(12-8)6-11-5-3-2-4-10/h7,11H,2-6H2,1H3. The summed E-state index contributed by atoms with van der Waals surface area (Å²) in [7, 11) is 0. The van der Waals surface area contributed by atoms with Gasteiger partial charge in [-0.05, 0) is 26.3 Å². The van der Waals surface area contributed by atoms with Gasteiger partial charge in [-0.25, -0.2) is 4.98 Å². The number of rotatable bonds is 6. The van der Waals surface area contributed by atoms with Gasteiger partial charge in [0.1, 0.15) is 5.01 Å². The Kier molecular flexibility index (Phi) is 5.58. The summed E-state index contributed by atoms with van der Waals surface area (Å²) in [5.41, 5.74) is 1.13. The smallest absolute Gasteiger partial charge is 0.107 e. The second-order valence-electron chi connectivity index (χ2n) is 2.96. The highest BCUT2D eigenvalue weighted by atomic mass is 79.9. The molecule has 0 aliphatic rings. The zero-order valence-corrected chi connectivity index (χ0v) is 10.2. The van der Waals surface area contributed by atoms with E-state index in [2.05, 4.69) is 31.6 Å². The second-order valence-corrected chi connectivity index (χ2v) is 4.69. The third-order valence-electron chi connectivity index (χ3n) is 1.68. The van der Waals surface area contributed by atoms with Gasteiger partial charge in [0.25, 0.3) is 0 Å². The van der Waals surface area contributed by atoms with Gasteiger partial charge in [-0.2, -0.15) is 0 Å². The number of aryl methyl sites for hydroxylation is 1. The summed E-state index contributed by atoms with van der Waals surface area (Å²) >= 11 is 5.14. The fourth-order valence-electron chi connectivity index (χ4n) is 1.02. The molecular weight excluding hydrogens is 248 g/mol. The van der Waals surface area contributed by atoms with Crippen LogP contribution in [0.1, 0.15) is 23.5 Å². The molecule has 13 heavy (non-hydrogen) atoms. The lowest BCUT2D eigenvalue weighted by atomic mass is 10.3. The van der Waals surface area contributed by atoms with Crippen molar-refractivity contribution >= 4 is 27.3 Å². The molecule has 0 fully saturated rings. The molecule has 0 spiro atoms. The summed E-state index contributed by atoms with van der Waals surface area (Å²) in [5, 5.41) is 7.76. The van der Waals surface area contributed by atoms with E-state index in [1.165, 1.54) is 17.8 Å². The second kappa shape index (κ2) is 6.51. The maximum Gasteiger partial charge on any atom is 0.107 e. The molecule has 1 aromatic heterocycles. The molecule has 0 aliphatic heterocycles. The molecule has 0 radical (unpaired) electrons. The number of nitrogens with zero attached hydrogens (tertiary/aromatic N) is 1. The molecule has 2 nitrogen and oxygen atoms in total. The van der Waals surface area contributed by atoms with Crippen LogP contribution < -0.4 is 5.32 Å². The van der Waals surface area contributed by atoms with Gasteiger partial charge in [0.15, 0.2) is 0 Å². The van der Waals surface area contributed by atoms with Crippen LogP contribution in [-0.4, -0.2) is 16.9 Å². The molecule has 0 aromatic carbocycles. The first-order chi connectivity index (χ1) is 6.33. The molecule has 1 aromatic rings. The van der Waals surface area contributed by atoms with Crippen molar-refractivity contribution in [2.24, 2.45) is 0 Å². The number of thiazole rings is 1. The first-order valence-electron chi connectivity index (χ1n) is 4.50. The van der Waals surface area contributed by atoms with E-state index in [4.69, 9.17) is 0 Å². The van der Waals surface area contributed by atoms with E-state index in [1.54, 1.807) is 11.3 Å². The third kappa shape index (κ3) is 4.74. The Bertz CT molecular complexity index is 237. The van der Waals surface area contributed by atoms with Crippen molar-refractivity contribution in [3.05, 3.63) is 16.1 Å². The summed E-state index contributed by atoms with van der Waals surface area (Å²) in [6, 6.07) is 0. The average molecular weight is 263 g/mol. The molecule has 0 saturated heterocycles. The predicted octanol–water partition coefficient (Wildman–Crippen LogP) is 2.72. The number of alkyl halides is 1. The van der Waals surface area contributed by atoms with Crippen molar-refractivity contribution in [2.75, 3.05) is 11.9 Å². The lowest BCUT2D eigenvalue weighted by Gasteiger charge is -2.00. The maximum absolute atomic E-state index is 4.38. The van der Waals surface area contributed by atoms with Gasteiger partial charge in [-0.3, -0.25) is 0 Å². The van der Waals surface area contributed by atoms with Gasteiger partial charge in [0.05, 0.1) is 0 Å². The van der Waals surface area contributed by atoms with Crippen molar-refractivity contribution in [3.63, 3.8) is 0 Å². The molecule has 0 aliphatic carbocycles. The zero-order chi connectivity index (χ0) is 9.52. The van der Waals surface area contributed by atoms with Crippen LogP contribution in [0, 0.1) is 6.92 Å². The van der Waals surface area contributed by atoms with E-state index in [0.29, 0.717) is 0 Å². The molecule has 0 amide bonds. The highest BCUT2D eigenvalue weighted by molar-refractivity contribution is 9.09. The first-order valence-corrected chi connectivity index (χ1v) is 6.50. The Morgan fingerprint density at radius 3 is 3.00 bits per heavy atom. The van der Waals surface area contributed by atoms with Crippen molar-refractivity contribution in [1.82, 2.24) is 10.3 Å². The van der Waals surface area contributed by atoms with Crippen molar-refractivity contribution in [2.45, 2.75) is 26.3 Å². The van der Waals surface area contributed by atoms with E-state index in [1.807, 2.05) is 6.92 Å². The van der Waals surface area contributed by atoms with Gasteiger partial charge in [0.2, 0.25) is 0 Å². The number of aromatic nitrogens is 1. The van der Waals surface area contributed by atoms with E-state index < -0.39 is 0 Å². The third-order valence-corrected chi connectivity index (χ3v) is 3.21. The molecular formula is C9H15BrN2S. The van der Waals surface area contributed by atoms with E-state index >= 15 is 0 Å². The molecule has 1 rings (SSSR count). The average Bonchev–Trinajstić information content (AvgIpc) is 2.51. The van der Waals surface area contributed by atoms with Crippen molar-refractivity contribution in [1.29, 1.82) is 0 Å². The molecule has 0 bridgehead atoms. The van der Waals surface area contributed by atoms with Crippen molar-refractivity contribution in [3.8, 4) is 0 Å². The van der Waals surface area contributed by atoms with Crippen LogP contribution in [0.2, 0.25) is 0 Å². The Morgan fingerprint density at radius 1 is 1.54 bits per heavy atom. The summed E-state index contributed by atoms with van der Waals surface area (Å²) < 4.78 is 0. The highest BCUT2D eigenvalue weighted by Crippen LogP contribution is 2.07. The van der Waals surface area contributed by atoms with Gasteiger partial charge >= 0.3 is 0 Å². The Morgan fingerprint density at radius 2 is 2.38 bits per heavy atom. The maximum atomic E-state index is 4.38. The van der Waals surface area contributed by atoms with E-state index in [9.17, 15) is 0 Å². The minimum Gasteiger partial charge on any atom is -0.310 e. The van der Waals surface area contributed by atoms with Crippen LogP contribution in [0.25, 0.3) is 0 Å². The number of hydrogen-bond acceptors (Lipinski definition) is 3. The largest absolute Gasteiger partial charge is 0.310 e. The van der Waals surface area contributed by atoms with Crippen LogP contribution in [0.15, 0.2) is 5.38 Å². The minimum atomic E-state index is 0.917. The highest BCUT2D eigenvalue weighted by Gasteiger charge is 1.96. The van der Waals surface area contributed by atoms with Crippen LogP contribution in [0.5, 0.6) is 0 Å². The van der Waals surface area contributed by atoms with Crippen LogP contribution in [0.3, 0.4) is 0 Å².